The van der Waals surface area contributed by atoms with Crippen molar-refractivity contribution < 1.29 is 19.4 Å². The number of fused-ring (bicyclic) bond motifs is 2. The lowest BCUT2D eigenvalue weighted by atomic mass is 9.74. The summed E-state index contributed by atoms with van der Waals surface area (Å²) in [7, 11) is 0. The highest BCUT2D eigenvalue weighted by Crippen LogP contribution is 2.42. The molecule has 1 amide bonds. The number of amides is 1. The summed E-state index contributed by atoms with van der Waals surface area (Å²) >= 11 is 0. The predicted octanol–water partition coefficient (Wildman–Crippen LogP) is 0.623. The Morgan fingerprint density at radius 2 is 2.22 bits per heavy atom. The van der Waals surface area contributed by atoms with Crippen molar-refractivity contribution in [1.82, 2.24) is 24.5 Å². The van der Waals surface area contributed by atoms with Gasteiger partial charge in [-0.2, -0.15) is 10.1 Å². The van der Waals surface area contributed by atoms with E-state index in [0.29, 0.717) is 44.8 Å². The Balaban J connectivity index is 1.48. The molecule has 1 N–H and O–H groups in total. The minimum Gasteiger partial charge on any atom is -0.481 e. The van der Waals surface area contributed by atoms with Crippen LogP contribution in [0.25, 0.3) is 5.78 Å². The minimum atomic E-state index is -0.860. The molecule has 2 aliphatic rings. The Kier molecular flexibility index (Phi) is 4.33. The number of aromatic nitrogens is 4. The summed E-state index contributed by atoms with van der Waals surface area (Å²) in [5.74, 6) is -0.433. The SMILES string of the molecule is Cc1nc2ncnn2c(C)c1CCC(=O)N1C[C@H]2COCC[C@@]2(C(=O)O)C1. The standard InChI is InChI=1S/C18H23N5O4/c1-11-14(12(2)23-17(21-11)19-10-20-23)3-4-15(24)22-7-13-8-27-6-5-18(13,9-22)16(25)26/h10,13H,3-9H2,1-2H3,(H,25,26)/t13-,18+/m0/s1. The van der Waals surface area contributed by atoms with Crippen LogP contribution in [0.2, 0.25) is 0 Å². The molecule has 0 unspecified atom stereocenters. The highest BCUT2D eigenvalue weighted by molar-refractivity contribution is 5.81. The van der Waals surface area contributed by atoms with Crippen molar-refractivity contribution in [3.05, 3.63) is 23.3 Å². The van der Waals surface area contributed by atoms with Gasteiger partial charge in [0, 0.05) is 43.4 Å². The number of likely N-dealkylation sites (tertiary alicyclic amines) is 1. The molecule has 2 saturated heterocycles. The van der Waals surface area contributed by atoms with Crippen LogP contribution in [0.1, 0.15) is 29.8 Å². The second-order valence-electron chi connectivity index (χ2n) is 7.49. The van der Waals surface area contributed by atoms with Gasteiger partial charge in [0.25, 0.3) is 5.78 Å². The molecular weight excluding hydrogens is 350 g/mol. The molecule has 144 valence electrons. The van der Waals surface area contributed by atoms with E-state index in [4.69, 9.17) is 4.74 Å². The first-order chi connectivity index (χ1) is 12.9. The number of carbonyl (C=O) groups excluding carboxylic acids is 1. The van der Waals surface area contributed by atoms with Gasteiger partial charge in [0.2, 0.25) is 5.91 Å². The van der Waals surface area contributed by atoms with Crippen molar-refractivity contribution in [2.24, 2.45) is 11.3 Å². The smallest absolute Gasteiger partial charge is 0.311 e. The summed E-state index contributed by atoms with van der Waals surface area (Å²) in [6.45, 7) is 5.41. The lowest BCUT2D eigenvalue weighted by molar-refractivity contribution is -0.157. The molecule has 9 heteroatoms. The summed E-state index contributed by atoms with van der Waals surface area (Å²) in [4.78, 5) is 34.9. The van der Waals surface area contributed by atoms with E-state index in [1.165, 1.54) is 6.33 Å². The van der Waals surface area contributed by atoms with E-state index in [1.807, 2.05) is 13.8 Å². The first-order valence-electron chi connectivity index (χ1n) is 9.17. The van der Waals surface area contributed by atoms with Gasteiger partial charge in [0.15, 0.2) is 0 Å². The molecule has 9 nitrogen and oxygen atoms in total. The van der Waals surface area contributed by atoms with Crippen molar-refractivity contribution >= 4 is 17.7 Å². The van der Waals surface area contributed by atoms with Gasteiger partial charge in [0.1, 0.15) is 6.33 Å². The molecule has 4 heterocycles. The fraction of sp³-hybridized carbons (Fsp3) is 0.611. The molecule has 0 spiro atoms. The van der Waals surface area contributed by atoms with Gasteiger partial charge in [-0.25, -0.2) is 9.50 Å². The Morgan fingerprint density at radius 1 is 1.41 bits per heavy atom. The van der Waals surface area contributed by atoms with Gasteiger partial charge in [-0.05, 0) is 32.3 Å². The van der Waals surface area contributed by atoms with Crippen molar-refractivity contribution in [2.75, 3.05) is 26.3 Å². The number of hydrogen-bond acceptors (Lipinski definition) is 6. The molecule has 4 rings (SSSR count). The van der Waals surface area contributed by atoms with Crippen LogP contribution >= 0.6 is 0 Å². The van der Waals surface area contributed by atoms with Crippen molar-refractivity contribution in [2.45, 2.75) is 33.1 Å². The van der Waals surface area contributed by atoms with Gasteiger partial charge in [-0.1, -0.05) is 0 Å². The van der Waals surface area contributed by atoms with Crippen LogP contribution in [0.3, 0.4) is 0 Å². The van der Waals surface area contributed by atoms with Gasteiger partial charge < -0.3 is 14.7 Å². The number of aryl methyl sites for hydroxylation is 2. The summed E-state index contributed by atoms with van der Waals surface area (Å²) in [5, 5.41) is 13.9. The molecule has 2 aliphatic heterocycles. The van der Waals surface area contributed by atoms with Crippen LogP contribution in [0, 0.1) is 25.2 Å². The molecule has 2 fully saturated rings. The normalized spacial score (nSPS) is 25.0. The highest BCUT2D eigenvalue weighted by Gasteiger charge is 2.54. The van der Waals surface area contributed by atoms with E-state index in [-0.39, 0.29) is 18.4 Å². The maximum absolute atomic E-state index is 12.8. The Morgan fingerprint density at radius 3 is 2.96 bits per heavy atom. The molecule has 0 radical (unpaired) electrons. The molecular formula is C18H23N5O4. The Bertz CT molecular complexity index is 911. The van der Waals surface area contributed by atoms with Crippen LogP contribution in [0.4, 0.5) is 0 Å². The van der Waals surface area contributed by atoms with Gasteiger partial charge >= 0.3 is 5.97 Å². The van der Waals surface area contributed by atoms with Crippen LogP contribution in [-0.4, -0.2) is 67.8 Å². The summed E-state index contributed by atoms with van der Waals surface area (Å²) in [6, 6.07) is 0. The average Bonchev–Trinajstić information content (AvgIpc) is 3.26. The van der Waals surface area contributed by atoms with E-state index in [2.05, 4.69) is 15.1 Å². The third-order valence-corrected chi connectivity index (χ3v) is 6.06. The Labute approximate surface area is 156 Å². The zero-order chi connectivity index (χ0) is 19.2. The highest BCUT2D eigenvalue weighted by atomic mass is 16.5. The molecule has 0 saturated carbocycles. The van der Waals surface area contributed by atoms with Gasteiger partial charge in [-0.3, -0.25) is 9.59 Å². The summed E-state index contributed by atoms with van der Waals surface area (Å²) in [6.07, 6.45) is 2.77. The molecule has 0 aliphatic carbocycles. The molecule has 0 aromatic carbocycles. The first kappa shape index (κ1) is 17.8. The number of carboxylic acids is 1. The number of hydrogen-bond donors (Lipinski definition) is 1. The topological polar surface area (TPSA) is 110 Å². The van der Waals surface area contributed by atoms with Crippen LogP contribution < -0.4 is 0 Å². The van der Waals surface area contributed by atoms with Crippen molar-refractivity contribution in [3.63, 3.8) is 0 Å². The lowest BCUT2D eigenvalue weighted by Crippen LogP contribution is -2.45. The lowest BCUT2D eigenvalue weighted by Gasteiger charge is -2.33. The number of rotatable bonds is 4. The number of carbonyl (C=O) groups is 2. The van der Waals surface area contributed by atoms with Crippen LogP contribution in [-0.2, 0) is 20.7 Å². The molecule has 27 heavy (non-hydrogen) atoms. The van der Waals surface area contributed by atoms with E-state index < -0.39 is 11.4 Å². The van der Waals surface area contributed by atoms with Gasteiger partial charge in [0.05, 0.1) is 12.0 Å². The minimum absolute atomic E-state index is 0.0255. The maximum atomic E-state index is 12.8. The fourth-order valence-electron chi connectivity index (χ4n) is 4.40. The quantitative estimate of drug-likeness (QED) is 0.837. The number of nitrogens with zero attached hydrogens (tertiary/aromatic N) is 5. The molecule has 2 aromatic rings. The third-order valence-electron chi connectivity index (χ3n) is 6.06. The number of carboxylic acid groups (broad SMARTS) is 1. The van der Waals surface area contributed by atoms with Crippen LogP contribution in [0.5, 0.6) is 0 Å². The second kappa shape index (κ2) is 6.56. The summed E-state index contributed by atoms with van der Waals surface area (Å²) < 4.78 is 7.13. The van der Waals surface area contributed by atoms with Crippen molar-refractivity contribution in [1.29, 1.82) is 0 Å². The van der Waals surface area contributed by atoms with E-state index >= 15 is 0 Å². The first-order valence-corrected chi connectivity index (χ1v) is 9.17. The summed E-state index contributed by atoms with van der Waals surface area (Å²) in [5.41, 5.74) is 1.88. The zero-order valence-corrected chi connectivity index (χ0v) is 15.5. The zero-order valence-electron chi connectivity index (χ0n) is 15.5. The predicted molar refractivity (Wildman–Crippen MR) is 94.2 cm³/mol. The number of ether oxygens (including phenoxy) is 1. The largest absolute Gasteiger partial charge is 0.481 e. The molecule has 0 bridgehead atoms. The molecule has 2 aromatic heterocycles. The fourth-order valence-corrected chi connectivity index (χ4v) is 4.40. The van der Waals surface area contributed by atoms with E-state index in [1.54, 1.807) is 9.42 Å². The molecule has 2 atom stereocenters. The third kappa shape index (κ3) is 2.86. The average molecular weight is 373 g/mol. The van der Waals surface area contributed by atoms with Crippen LogP contribution in [0.15, 0.2) is 6.33 Å². The number of aliphatic carboxylic acids is 1. The second-order valence-corrected chi connectivity index (χ2v) is 7.49. The van der Waals surface area contributed by atoms with Gasteiger partial charge in [-0.15, -0.1) is 0 Å². The van der Waals surface area contributed by atoms with E-state index in [0.717, 1.165) is 17.0 Å². The van der Waals surface area contributed by atoms with Crippen molar-refractivity contribution in [3.8, 4) is 0 Å². The Hall–Kier alpha value is -2.55. The monoisotopic (exact) mass is 373 g/mol. The van der Waals surface area contributed by atoms with E-state index in [9.17, 15) is 14.7 Å². The maximum Gasteiger partial charge on any atom is 0.311 e.